The molecule has 1 unspecified atom stereocenters. The molecule has 4 heteroatoms. The fraction of sp³-hybridized carbons (Fsp3) is 0.250. The minimum atomic E-state index is -0.317. The van der Waals surface area contributed by atoms with Crippen LogP contribution in [-0.2, 0) is 4.74 Å². The van der Waals surface area contributed by atoms with Crippen molar-refractivity contribution in [3.8, 4) is 5.75 Å². The summed E-state index contributed by atoms with van der Waals surface area (Å²) in [5, 5.41) is 0.821. The summed E-state index contributed by atoms with van der Waals surface area (Å²) in [6.45, 7) is 0.649. The molecule has 2 aliphatic heterocycles. The van der Waals surface area contributed by atoms with Gasteiger partial charge in [0.1, 0.15) is 11.3 Å². The second-order valence-corrected chi connectivity index (χ2v) is 6.33. The first kappa shape index (κ1) is 13.8. The molecule has 4 nitrogen and oxygen atoms in total. The molecule has 0 amide bonds. The van der Waals surface area contributed by atoms with Crippen molar-refractivity contribution in [1.82, 2.24) is 0 Å². The highest BCUT2D eigenvalue weighted by Gasteiger charge is 2.45. The molecule has 3 atom stereocenters. The highest BCUT2D eigenvalue weighted by atomic mass is 16.7. The zero-order valence-electron chi connectivity index (χ0n) is 13.0. The van der Waals surface area contributed by atoms with Crippen LogP contribution in [0, 0.1) is 5.92 Å². The fourth-order valence-corrected chi connectivity index (χ4v) is 3.96. The Morgan fingerprint density at radius 2 is 1.75 bits per heavy atom. The summed E-state index contributed by atoms with van der Waals surface area (Å²) in [7, 11) is 0. The normalized spacial score (nSPS) is 25.1. The molecule has 0 N–H and O–H groups in total. The Balaban J connectivity index is 1.82. The predicted octanol–water partition coefficient (Wildman–Crippen LogP) is 3.68. The average Bonchev–Trinajstić information content (AvgIpc) is 3.09. The standard InChI is InChI=1S/C20H16O4/c21-19-17-16(12-6-2-1-3-7-12)14-10-11-22-20(14)24-18(17)13-8-4-5-9-15(13)23-19/h1-9,14,16,20H,10-11H2/t14?,16-,20-/m0/s1. The summed E-state index contributed by atoms with van der Waals surface area (Å²) in [6.07, 6.45) is 0.559. The van der Waals surface area contributed by atoms with Gasteiger partial charge in [0.05, 0.1) is 17.6 Å². The van der Waals surface area contributed by atoms with Crippen molar-refractivity contribution in [3.05, 3.63) is 76.1 Å². The van der Waals surface area contributed by atoms with Crippen molar-refractivity contribution >= 4 is 11.0 Å². The van der Waals surface area contributed by atoms with Crippen LogP contribution in [0.4, 0.5) is 0 Å². The van der Waals surface area contributed by atoms with Crippen molar-refractivity contribution in [2.24, 2.45) is 5.92 Å². The van der Waals surface area contributed by atoms with Gasteiger partial charge in [0.2, 0.25) is 6.29 Å². The quantitative estimate of drug-likeness (QED) is 0.642. The third-order valence-electron chi connectivity index (χ3n) is 5.01. The first-order valence-corrected chi connectivity index (χ1v) is 8.22. The van der Waals surface area contributed by atoms with Gasteiger partial charge in [-0.3, -0.25) is 0 Å². The molecule has 0 aliphatic carbocycles. The summed E-state index contributed by atoms with van der Waals surface area (Å²) < 4.78 is 17.5. The number of benzene rings is 2. The van der Waals surface area contributed by atoms with Crippen molar-refractivity contribution in [2.45, 2.75) is 18.6 Å². The number of para-hydroxylation sites is 1. The Kier molecular flexibility index (Phi) is 3.00. The minimum Gasteiger partial charge on any atom is -0.463 e. The Labute approximate surface area is 138 Å². The van der Waals surface area contributed by atoms with Crippen molar-refractivity contribution in [2.75, 3.05) is 6.61 Å². The van der Waals surface area contributed by atoms with E-state index in [1.807, 2.05) is 36.4 Å². The van der Waals surface area contributed by atoms with E-state index in [2.05, 4.69) is 12.1 Å². The van der Waals surface area contributed by atoms with E-state index >= 15 is 0 Å². The minimum absolute atomic E-state index is 0.0664. The maximum absolute atomic E-state index is 12.8. The Hall–Kier alpha value is -2.59. The molecule has 1 saturated heterocycles. The van der Waals surface area contributed by atoms with Gasteiger partial charge in [-0.2, -0.15) is 0 Å². The van der Waals surface area contributed by atoms with E-state index in [1.165, 1.54) is 0 Å². The van der Waals surface area contributed by atoms with E-state index in [0.717, 1.165) is 17.4 Å². The van der Waals surface area contributed by atoms with Crippen LogP contribution >= 0.6 is 0 Å². The van der Waals surface area contributed by atoms with Gasteiger partial charge in [0, 0.05) is 11.8 Å². The molecule has 0 radical (unpaired) electrons. The SMILES string of the molecule is O=c1oc2ccccc2c2c1[C@@H](c1ccccc1)C1CCO[C@H]1O2. The summed E-state index contributed by atoms with van der Waals surface area (Å²) in [6, 6.07) is 17.6. The second-order valence-electron chi connectivity index (χ2n) is 6.33. The second kappa shape index (κ2) is 5.21. The molecule has 3 heterocycles. The molecule has 1 aromatic heterocycles. The summed E-state index contributed by atoms with van der Waals surface area (Å²) in [4.78, 5) is 12.8. The van der Waals surface area contributed by atoms with E-state index in [-0.39, 0.29) is 23.8 Å². The van der Waals surface area contributed by atoms with Gasteiger partial charge >= 0.3 is 5.63 Å². The Morgan fingerprint density at radius 3 is 2.62 bits per heavy atom. The summed E-state index contributed by atoms with van der Waals surface area (Å²) in [5.41, 5.74) is 1.95. The number of hydrogen-bond acceptors (Lipinski definition) is 4. The number of rotatable bonds is 1. The fourth-order valence-electron chi connectivity index (χ4n) is 3.96. The maximum Gasteiger partial charge on any atom is 0.343 e. The lowest BCUT2D eigenvalue weighted by molar-refractivity contribution is -0.0735. The van der Waals surface area contributed by atoms with E-state index in [9.17, 15) is 4.79 Å². The smallest absolute Gasteiger partial charge is 0.343 e. The monoisotopic (exact) mass is 320 g/mol. The van der Waals surface area contributed by atoms with Crippen molar-refractivity contribution in [1.29, 1.82) is 0 Å². The van der Waals surface area contributed by atoms with Crippen molar-refractivity contribution < 1.29 is 13.9 Å². The van der Waals surface area contributed by atoms with Gasteiger partial charge in [0.25, 0.3) is 0 Å². The molecular formula is C20H16O4. The lowest BCUT2D eigenvalue weighted by Crippen LogP contribution is -2.36. The van der Waals surface area contributed by atoms with Crippen LogP contribution in [-0.4, -0.2) is 12.9 Å². The van der Waals surface area contributed by atoms with Crippen LogP contribution < -0.4 is 10.4 Å². The van der Waals surface area contributed by atoms with Gasteiger partial charge in [-0.15, -0.1) is 0 Å². The van der Waals surface area contributed by atoms with Crippen LogP contribution in [0.1, 0.15) is 23.5 Å². The van der Waals surface area contributed by atoms with Gasteiger partial charge in [-0.05, 0) is 24.1 Å². The molecule has 5 rings (SSSR count). The maximum atomic E-state index is 12.8. The molecule has 120 valence electrons. The molecule has 3 aromatic rings. The average molecular weight is 320 g/mol. The third-order valence-corrected chi connectivity index (χ3v) is 5.01. The molecular weight excluding hydrogens is 304 g/mol. The zero-order chi connectivity index (χ0) is 16.1. The van der Waals surface area contributed by atoms with Crippen LogP contribution in [0.5, 0.6) is 5.75 Å². The molecule has 2 aliphatic rings. The largest absolute Gasteiger partial charge is 0.463 e. The highest BCUT2D eigenvalue weighted by molar-refractivity contribution is 5.85. The van der Waals surface area contributed by atoms with E-state index in [4.69, 9.17) is 13.9 Å². The van der Waals surface area contributed by atoms with Gasteiger partial charge in [-0.25, -0.2) is 4.79 Å². The molecule has 0 saturated carbocycles. The Morgan fingerprint density at radius 1 is 0.958 bits per heavy atom. The lowest BCUT2D eigenvalue weighted by Gasteiger charge is -2.34. The summed E-state index contributed by atoms with van der Waals surface area (Å²) >= 11 is 0. The van der Waals surface area contributed by atoms with Crippen LogP contribution in [0.15, 0.2) is 63.8 Å². The van der Waals surface area contributed by atoms with Crippen molar-refractivity contribution in [3.63, 3.8) is 0 Å². The summed E-state index contributed by atoms with van der Waals surface area (Å²) in [5.74, 6) is 0.672. The molecule has 1 fully saturated rings. The first-order valence-electron chi connectivity index (χ1n) is 8.22. The molecule has 24 heavy (non-hydrogen) atoms. The number of hydrogen-bond donors (Lipinski definition) is 0. The van der Waals surface area contributed by atoms with Crippen LogP contribution in [0.2, 0.25) is 0 Å². The molecule has 0 bridgehead atoms. The number of ether oxygens (including phenoxy) is 2. The van der Waals surface area contributed by atoms with Gasteiger partial charge < -0.3 is 13.9 Å². The lowest BCUT2D eigenvalue weighted by atomic mass is 9.78. The van der Waals surface area contributed by atoms with E-state index < -0.39 is 0 Å². The highest BCUT2D eigenvalue weighted by Crippen LogP contribution is 2.48. The molecule has 2 aromatic carbocycles. The van der Waals surface area contributed by atoms with Crippen LogP contribution in [0.3, 0.4) is 0 Å². The predicted molar refractivity (Wildman–Crippen MR) is 89.2 cm³/mol. The van der Waals surface area contributed by atoms with E-state index in [0.29, 0.717) is 23.5 Å². The first-order chi connectivity index (χ1) is 11.8. The molecule has 0 spiro atoms. The topological polar surface area (TPSA) is 48.7 Å². The van der Waals surface area contributed by atoms with Gasteiger partial charge in [-0.1, -0.05) is 42.5 Å². The Bertz CT molecular complexity index is 960. The number of fused-ring (bicyclic) bond motifs is 4. The van der Waals surface area contributed by atoms with Crippen LogP contribution in [0.25, 0.3) is 11.0 Å². The third kappa shape index (κ3) is 1.93. The van der Waals surface area contributed by atoms with Gasteiger partial charge in [0.15, 0.2) is 0 Å². The van der Waals surface area contributed by atoms with E-state index in [1.54, 1.807) is 6.07 Å². The zero-order valence-corrected chi connectivity index (χ0v) is 13.0.